The van der Waals surface area contributed by atoms with Crippen molar-refractivity contribution in [2.45, 2.75) is 38.8 Å². The third-order valence-corrected chi connectivity index (χ3v) is 2.57. The minimum atomic E-state index is -0.980. The molecule has 0 bridgehead atoms. The number of hydrogen-bond donors (Lipinski definition) is 2. The Hall–Kier alpha value is -1.81. The standard InChI is InChI=1S/C12H21N3O4/c1-9(2)15(6-4-5-13)12(18)14-8-10(19-3)7-11(16)17/h9-10H,4,6-8H2,1-3H3,(H,14,18)(H,16,17). The van der Waals surface area contributed by atoms with Crippen molar-refractivity contribution in [2.75, 3.05) is 20.2 Å². The first-order chi connectivity index (χ1) is 8.92. The van der Waals surface area contributed by atoms with Crippen molar-refractivity contribution in [1.82, 2.24) is 10.2 Å². The molecule has 0 saturated carbocycles. The number of nitriles is 1. The zero-order valence-corrected chi connectivity index (χ0v) is 11.5. The smallest absolute Gasteiger partial charge is 0.317 e. The van der Waals surface area contributed by atoms with Crippen LogP contribution in [-0.4, -0.2) is 54.4 Å². The number of carbonyl (C=O) groups is 2. The molecule has 0 rings (SSSR count). The number of carboxylic acid groups (broad SMARTS) is 1. The number of methoxy groups -OCH3 is 1. The van der Waals surface area contributed by atoms with Gasteiger partial charge in [-0.3, -0.25) is 4.79 Å². The highest BCUT2D eigenvalue weighted by molar-refractivity contribution is 5.74. The lowest BCUT2D eigenvalue weighted by Crippen LogP contribution is -2.46. The van der Waals surface area contributed by atoms with Crippen LogP contribution in [0.2, 0.25) is 0 Å². The van der Waals surface area contributed by atoms with E-state index in [9.17, 15) is 9.59 Å². The molecule has 0 aromatic rings. The van der Waals surface area contributed by atoms with Crippen molar-refractivity contribution in [3.63, 3.8) is 0 Å². The summed E-state index contributed by atoms with van der Waals surface area (Å²) in [5.74, 6) is -0.980. The van der Waals surface area contributed by atoms with Gasteiger partial charge in [-0.25, -0.2) is 4.79 Å². The topological polar surface area (TPSA) is 103 Å². The second-order valence-corrected chi connectivity index (χ2v) is 4.34. The average Bonchev–Trinajstić information content (AvgIpc) is 2.33. The van der Waals surface area contributed by atoms with Gasteiger partial charge in [0.15, 0.2) is 0 Å². The summed E-state index contributed by atoms with van der Waals surface area (Å²) in [6.07, 6.45) is -0.475. The molecule has 7 nitrogen and oxygen atoms in total. The van der Waals surface area contributed by atoms with E-state index in [2.05, 4.69) is 5.32 Å². The van der Waals surface area contributed by atoms with Gasteiger partial charge in [-0.15, -0.1) is 0 Å². The third-order valence-electron chi connectivity index (χ3n) is 2.57. The van der Waals surface area contributed by atoms with Crippen LogP contribution in [0.25, 0.3) is 0 Å². The average molecular weight is 271 g/mol. The first-order valence-corrected chi connectivity index (χ1v) is 6.08. The van der Waals surface area contributed by atoms with E-state index in [1.54, 1.807) is 0 Å². The maximum absolute atomic E-state index is 11.9. The van der Waals surface area contributed by atoms with Crippen LogP contribution in [0.3, 0.4) is 0 Å². The van der Waals surface area contributed by atoms with E-state index in [1.165, 1.54) is 12.0 Å². The molecule has 7 heteroatoms. The van der Waals surface area contributed by atoms with Gasteiger partial charge in [0.1, 0.15) is 0 Å². The van der Waals surface area contributed by atoms with Crippen LogP contribution in [-0.2, 0) is 9.53 Å². The number of carboxylic acids is 1. The van der Waals surface area contributed by atoms with Crippen molar-refractivity contribution >= 4 is 12.0 Å². The van der Waals surface area contributed by atoms with Crippen LogP contribution in [0.1, 0.15) is 26.7 Å². The quantitative estimate of drug-likeness (QED) is 0.680. The van der Waals surface area contributed by atoms with Crippen LogP contribution in [0.5, 0.6) is 0 Å². The van der Waals surface area contributed by atoms with Crippen LogP contribution in [0.15, 0.2) is 0 Å². The lowest BCUT2D eigenvalue weighted by atomic mass is 10.2. The Labute approximate surface area is 113 Å². The molecule has 0 aliphatic carbocycles. The fourth-order valence-electron chi connectivity index (χ4n) is 1.50. The van der Waals surface area contributed by atoms with Gasteiger partial charge in [0.05, 0.1) is 25.0 Å². The van der Waals surface area contributed by atoms with Gasteiger partial charge >= 0.3 is 12.0 Å². The minimum absolute atomic E-state index is 0.0335. The summed E-state index contributed by atoms with van der Waals surface area (Å²) in [5.41, 5.74) is 0. The van der Waals surface area contributed by atoms with Crippen molar-refractivity contribution in [2.24, 2.45) is 0 Å². The molecule has 0 aromatic carbocycles. The molecule has 0 aromatic heterocycles. The fourth-order valence-corrected chi connectivity index (χ4v) is 1.50. The highest BCUT2D eigenvalue weighted by atomic mass is 16.5. The fraction of sp³-hybridized carbons (Fsp3) is 0.750. The molecule has 0 heterocycles. The summed E-state index contributed by atoms with van der Waals surface area (Å²) < 4.78 is 4.97. The van der Waals surface area contributed by atoms with Gasteiger partial charge in [0.2, 0.25) is 0 Å². The van der Waals surface area contributed by atoms with E-state index in [0.717, 1.165) is 0 Å². The van der Waals surface area contributed by atoms with Crippen molar-refractivity contribution in [3.8, 4) is 6.07 Å². The van der Waals surface area contributed by atoms with Crippen molar-refractivity contribution in [3.05, 3.63) is 0 Å². The summed E-state index contributed by atoms with van der Waals surface area (Å²) in [6, 6.07) is 1.63. The number of hydrogen-bond acceptors (Lipinski definition) is 4. The van der Waals surface area contributed by atoms with Gasteiger partial charge in [0, 0.05) is 26.2 Å². The number of nitrogens with one attached hydrogen (secondary N) is 1. The Kier molecular flexibility index (Phi) is 8.29. The van der Waals surface area contributed by atoms with E-state index < -0.39 is 12.1 Å². The number of urea groups is 1. The molecule has 0 aliphatic rings. The summed E-state index contributed by atoms with van der Waals surface area (Å²) >= 11 is 0. The van der Waals surface area contributed by atoms with Crippen molar-refractivity contribution in [1.29, 1.82) is 5.26 Å². The lowest BCUT2D eigenvalue weighted by molar-refractivity contribution is -0.139. The Morgan fingerprint density at radius 1 is 1.47 bits per heavy atom. The maximum Gasteiger partial charge on any atom is 0.317 e. The number of amides is 2. The van der Waals surface area contributed by atoms with Gasteiger partial charge in [-0.05, 0) is 13.8 Å². The number of aliphatic carboxylic acids is 1. The monoisotopic (exact) mass is 271 g/mol. The van der Waals surface area contributed by atoms with Crippen LogP contribution in [0.4, 0.5) is 4.79 Å². The molecule has 2 amide bonds. The zero-order valence-electron chi connectivity index (χ0n) is 11.5. The summed E-state index contributed by atoms with van der Waals surface area (Å²) in [4.78, 5) is 24.0. The second kappa shape index (κ2) is 9.16. The minimum Gasteiger partial charge on any atom is -0.481 e. The SMILES string of the molecule is COC(CNC(=O)N(CCC#N)C(C)C)CC(=O)O. The first kappa shape index (κ1) is 17.2. The molecule has 0 saturated heterocycles. The molecule has 1 atom stereocenters. The van der Waals surface area contributed by atoms with Gasteiger partial charge in [-0.2, -0.15) is 5.26 Å². The van der Waals surface area contributed by atoms with E-state index in [-0.39, 0.29) is 31.5 Å². The Balaban J connectivity index is 4.31. The lowest BCUT2D eigenvalue weighted by Gasteiger charge is -2.26. The van der Waals surface area contributed by atoms with Crippen LogP contribution in [0, 0.1) is 11.3 Å². The number of rotatable bonds is 8. The molecular weight excluding hydrogens is 250 g/mol. The van der Waals surface area contributed by atoms with Gasteiger partial charge in [-0.1, -0.05) is 0 Å². The van der Waals surface area contributed by atoms with E-state index in [0.29, 0.717) is 6.54 Å². The number of nitrogens with zero attached hydrogens (tertiary/aromatic N) is 2. The molecular formula is C12H21N3O4. The molecule has 0 aliphatic heterocycles. The summed E-state index contributed by atoms with van der Waals surface area (Å²) in [7, 11) is 1.40. The molecule has 1 unspecified atom stereocenters. The largest absolute Gasteiger partial charge is 0.481 e. The molecule has 0 fully saturated rings. The molecule has 108 valence electrons. The van der Waals surface area contributed by atoms with E-state index >= 15 is 0 Å². The maximum atomic E-state index is 11.9. The van der Waals surface area contributed by atoms with Crippen molar-refractivity contribution < 1.29 is 19.4 Å². The van der Waals surface area contributed by atoms with Crippen LogP contribution < -0.4 is 5.32 Å². The molecule has 19 heavy (non-hydrogen) atoms. The van der Waals surface area contributed by atoms with Crippen LogP contribution >= 0.6 is 0 Å². The van der Waals surface area contributed by atoms with Gasteiger partial charge in [0.25, 0.3) is 0 Å². The number of carbonyl (C=O) groups excluding carboxylic acids is 1. The Morgan fingerprint density at radius 2 is 2.11 bits per heavy atom. The van der Waals surface area contributed by atoms with Gasteiger partial charge < -0.3 is 20.1 Å². The summed E-state index contributed by atoms with van der Waals surface area (Å²) in [6.45, 7) is 4.16. The Bertz CT molecular complexity index is 338. The molecule has 0 spiro atoms. The first-order valence-electron chi connectivity index (χ1n) is 6.08. The van der Waals surface area contributed by atoms with E-state index in [4.69, 9.17) is 15.1 Å². The summed E-state index contributed by atoms with van der Waals surface area (Å²) in [5, 5.41) is 19.8. The highest BCUT2D eigenvalue weighted by Crippen LogP contribution is 2.01. The second-order valence-electron chi connectivity index (χ2n) is 4.34. The normalized spacial score (nSPS) is 11.7. The predicted molar refractivity (Wildman–Crippen MR) is 68.5 cm³/mol. The number of ether oxygens (including phenoxy) is 1. The molecule has 2 N–H and O–H groups in total. The zero-order chi connectivity index (χ0) is 14.8. The highest BCUT2D eigenvalue weighted by Gasteiger charge is 2.19. The van der Waals surface area contributed by atoms with E-state index in [1.807, 2.05) is 19.9 Å². The molecule has 0 radical (unpaired) electrons. The predicted octanol–water partition coefficient (Wildman–Crippen LogP) is 0.810. The third kappa shape index (κ3) is 7.26. The Morgan fingerprint density at radius 3 is 2.53 bits per heavy atom.